The van der Waals surface area contributed by atoms with E-state index in [-0.39, 0.29) is 12.0 Å². The number of benzene rings is 1. The van der Waals surface area contributed by atoms with E-state index in [9.17, 15) is 4.79 Å². The number of likely N-dealkylation sites (tertiary alicyclic amines) is 1. The van der Waals surface area contributed by atoms with Crippen LogP contribution in [0.1, 0.15) is 6.42 Å². The summed E-state index contributed by atoms with van der Waals surface area (Å²) in [6.45, 7) is 1.97. The van der Waals surface area contributed by atoms with E-state index in [4.69, 9.17) is 4.74 Å². The van der Waals surface area contributed by atoms with Gasteiger partial charge in [-0.25, -0.2) is 4.98 Å². The lowest BCUT2D eigenvalue weighted by atomic mass is 10.2. The summed E-state index contributed by atoms with van der Waals surface area (Å²) in [6.07, 6.45) is 2.98. The number of hydrogen-bond donors (Lipinski definition) is 0. The first-order chi connectivity index (χ1) is 11.1. The van der Waals surface area contributed by atoms with E-state index < -0.39 is 0 Å². The monoisotopic (exact) mass is 316 g/mol. The standard InChI is InChI=1S/C17H24N4O2/c1-19-10-14(23-3)8-13(19)9-20(2)17(22)11-21-12-18-15-6-4-5-7-16(15)21/h4-7,12-14H,8-11H2,1-3H3/t13-,14-/m0/s1. The molecule has 0 bridgehead atoms. The minimum atomic E-state index is 0.0995. The molecular formula is C17H24N4O2. The van der Waals surface area contributed by atoms with Crippen LogP contribution in [0.4, 0.5) is 0 Å². The van der Waals surface area contributed by atoms with Gasteiger partial charge >= 0.3 is 0 Å². The Bertz CT molecular complexity index is 684. The number of fused-ring (bicyclic) bond motifs is 1. The molecule has 2 heterocycles. The topological polar surface area (TPSA) is 50.6 Å². The molecule has 0 N–H and O–H groups in total. The third-order valence-corrected chi connectivity index (χ3v) is 4.73. The zero-order valence-corrected chi connectivity index (χ0v) is 14.0. The Balaban J connectivity index is 1.62. The van der Waals surface area contributed by atoms with Gasteiger partial charge in [-0.2, -0.15) is 0 Å². The second kappa shape index (κ2) is 6.68. The summed E-state index contributed by atoms with van der Waals surface area (Å²) in [4.78, 5) is 20.9. The van der Waals surface area contributed by atoms with E-state index in [1.807, 2.05) is 40.8 Å². The molecule has 1 saturated heterocycles. The highest BCUT2D eigenvalue weighted by molar-refractivity contribution is 5.80. The van der Waals surface area contributed by atoms with Gasteiger partial charge in [0.05, 0.1) is 23.5 Å². The first kappa shape index (κ1) is 16.0. The SMILES string of the molecule is CO[C@H]1C[C@@H](CN(C)C(=O)Cn2cnc3ccccc32)N(C)C1. The number of hydrogen-bond acceptors (Lipinski definition) is 4. The Kier molecular flexibility index (Phi) is 4.63. The van der Waals surface area contributed by atoms with Gasteiger partial charge in [-0.15, -0.1) is 0 Å². The predicted octanol–water partition coefficient (Wildman–Crippen LogP) is 1.21. The van der Waals surface area contributed by atoms with Gasteiger partial charge in [-0.1, -0.05) is 12.1 Å². The second-order valence-corrected chi connectivity index (χ2v) is 6.32. The number of carbonyl (C=O) groups excluding carboxylic acids is 1. The van der Waals surface area contributed by atoms with Gasteiger partial charge in [0.15, 0.2) is 0 Å². The molecule has 2 atom stereocenters. The number of carbonyl (C=O) groups is 1. The summed E-state index contributed by atoms with van der Waals surface area (Å²) >= 11 is 0. The third-order valence-electron chi connectivity index (χ3n) is 4.73. The molecule has 0 spiro atoms. The van der Waals surface area contributed by atoms with Crippen molar-refractivity contribution in [1.82, 2.24) is 19.4 Å². The highest BCUT2D eigenvalue weighted by Gasteiger charge is 2.30. The van der Waals surface area contributed by atoms with Crippen molar-refractivity contribution in [3.8, 4) is 0 Å². The van der Waals surface area contributed by atoms with Crippen LogP contribution in [0, 0.1) is 0 Å². The second-order valence-electron chi connectivity index (χ2n) is 6.32. The average Bonchev–Trinajstić information content (AvgIpc) is 3.11. The van der Waals surface area contributed by atoms with Crippen molar-refractivity contribution in [2.45, 2.75) is 25.1 Å². The molecule has 2 aromatic rings. The number of aromatic nitrogens is 2. The number of likely N-dealkylation sites (N-methyl/N-ethyl adjacent to an activating group) is 2. The number of ether oxygens (including phenoxy) is 1. The van der Waals surface area contributed by atoms with Crippen LogP contribution in [0.3, 0.4) is 0 Å². The normalized spacial score (nSPS) is 21.9. The lowest BCUT2D eigenvalue weighted by Gasteiger charge is -2.25. The third kappa shape index (κ3) is 3.38. The molecule has 1 fully saturated rings. The van der Waals surface area contributed by atoms with Gasteiger partial charge in [-0.3, -0.25) is 9.69 Å². The van der Waals surface area contributed by atoms with Crippen molar-refractivity contribution in [2.24, 2.45) is 0 Å². The molecule has 0 aliphatic carbocycles. The van der Waals surface area contributed by atoms with E-state index in [0.717, 1.165) is 30.5 Å². The van der Waals surface area contributed by atoms with Crippen LogP contribution in [0.5, 0.6) is 0 Å². The van der Waals surface area contributed by atoms with E-state index in [2.05, 4.69) is 16.9 Å². The number of methoxy groups -OCH3 is 1. The molecule has 6 heteroatoms. The first-order valence-electron chi connectivity index (χ1n) is 7.95. The average molecular weight is 316 g/mol. The molecular weight excluding hydrogens is 292 g/mol. The van der Waals surface area contributed by atoms with Crippen LogP contribution in [-0.2, 0) is 16.1 Å². The Hall–Kier alpha value is -1.92. The number of nitrogens with zero attached hydrogens (tertiary/aromatic N) is 4. The van der Waals surface area contributed by atoms with Gasteiger partial charge in [0.25, 0.3) is 0 Å². The molecule has 1 aromatic carbocycles. The highest BCUT2D eigenvalue weighted by atomic mass is 16.5. The molecule has 0 radical (unpaired) electrons. The molecule has 1 aliphatic heterocycles. The first-order valence-corrected chi connectivity index (χ1v) is 7.95. The van der Waals surface area contributed by atoms with Crippen molar-refractivity contribution in [2.75, 3.05) is 34.3 Å². The summed E-state index contributed by atoms with van der Waals surface area (Å²) in [5, 5.41) is 0. The van der Waals surface area contributed by atoms with Crippen LogP contribution >= 0.6 is 0 Å². The van der Waals surface area contributed by atoms with Crippen molar-refractivity contribution >= 4 is 16.9 Å². The molecule has 1 amide bonds. The van der Waals surface area contributed by atoms with Gasteiger partial charge in [0, 0.05) is 33.3 Å². The molecule has 6 nitrogen and oxygen atoms in total. The molecule has 1 aliphatic rings. The number of para-hydroxylation sites is 2. The van der Waals surface area contributed by atoms with E-state index in [1.165, 1.54) is 0 Å². The minimum Gasteiger partial charge on any atom is -0.380 e. The van der Waals surface area contributed by atoms with Gasteiger partial charge in [0.2, 0.25) is 5.91 Å². The molecule has 124 valence electrons. The molecule has 3 rings (SSSR count). The van der Waals surface area contributed by atoms with Gasteiger partial charge in [0.1, 0.15) is 6.54 Å². The van der Waals surface area contributed by atoms with Gasteiger partial charge in [-0.05, 0) is 25.6 Å². The Morgan fingerprint density at radius 1 is 1.43 bits per heavy atom. The van der Waals surface area contributed by atoms with Crippen LogP contribution < -0.4 is 0 Å². The fourth-order valence-corrected chi connectivity index (χ4v) is 3.23. The quantitative estimate of drug-likeness (QED) is 0.832. The summed E-state index contributed by atoms with van der Waals surface area (Å²) in [5.41, 5.74) is 1.91. The number of amides is 1. The lowest BCUT2D eigenvalue weighted by molar-refractivity contribution is -0.131. The maximum Gasteiger partial charge on any atom is 0.242 e. The zero-order valence-electron chi connectivity index (χ0n) is 14.0. The predicted molar refractivity (Wildman–Crippen MR) is 89.2 cm³/mol. The van der Waals surface area contributed by atoms with Crippen molar-refractivity contribution in [3.63, 3.8) is 0 Å². The summed E-state index contributed by atoms with van der Waals surface area (Å²) in [6, 6.07) is 8.22. The molecule has 0 saturated carbocycles. The maximum atomic E-state index is 12.5. The summed E-state index contributed by atoms with van der Waals surface area (Å²) in [5.74, 6) is 0.0995. The number of rotatable bonds is 5. The lowest BCUT2D eigenvalue weighted by Crippen LogP contribution is -2.40. The largest absolute Gasteiger partial charge is 0.380 e. The smallest absolute Gasteiger partial charge is 0.242 e. The summed E-state index contributed by atoms with van der Waals surface area (Å²) in [7, 11) is 5.71. The fraction of sp³-hybridized carbons (Fsp3) is 0.529. The van der Waals surface area contributed by atoms with Crippen molar-refractivity contribution < 1.29 is 9.53 Å². The van der Waals surface area contributed by atoms with E-state index >= 15 is 0 Å². The summed E-state index contributed by atoms with van der Waals surface area (Å²) < 4.78 is 7.34. The van der Waals surface area contributed by atoms with Crippen molar-refractivity contribution in [3.05, 3.63) is 30.6 Å². The van der Waals surface area contributed by atoms with E-state index in [1.54, 1.807) is 13.4 Å². The van der Waals surface area contributed by atoms with Crippen LogP contribution in [0.2, 0.25) is 0 Å². The Labute approximate surface area is 136 Å². The zero-order chi connectivity index (χ0) is 16.4. The minimum absolute atomic E-state index is 0.0995. The van der Waals surface area contributed by atoms with Crippen LogP contribution in [-0.4, -0.2) is 71.7 Å². The van der Waals surface area contributed by atoms with Crippen molar-refractivity contribution in [1.29, 1.82) is 0 Å². The van der Waals surface area contributed by atoms with Crippen LogP contribution in [0.15, 0.2) is 30.6 Å². The molecule has 23 heavy (non-hydrogen) atoms. The maximum absolute atomic E-state index is 12.5. The molecule has 0 unspecified atom stereocenters. The van der Waals surface area contributed by atoms with E-state index in [0.29, 0.717) is 12.6 Å². The molecule has 1 aromatic heterocycles. The fourth-order valence-electron chi connectivity index (χ4n) is 3.23. The number of imidazole rings is 1. The van der Waals surface area contributed by atoms with Crippen LogP contribution in [0.25, 0.3) is 11.0 Å². The Morgan fingerprint density at radius 3 is 2.96 bits per heavy atom. The Morgan fingerprint density at radius 2 is 2.22 bits per heavy atom. The van der Waals surface area contributed by atoms with Gasteiger partial charge < -0.3 is 14.2 Å². The highest BCUT2D eigenvalue weighted by Crippen LogP contribution is 2.19.